The van der Waals surface area contributed by atoms with Crippen molar-refractivity contribution >= 4 is 29.6 Å². The first-order chi connectivity index (χ1) is 4.36. The maximum atomic E-state index is 5.81. The van der Waals surface area contributed by atoms with E-state index >= 15 is 0 Å². The lowest BCUT2D eigenvalue weighted by molar-refractivity contribution is 0.283. The lowest BCUT2D eigenvalue weighted by atomic mass is 9.83. The number of halogens is 2. The molecule has 0 rings (SSSR count). The quantitative estimate of drug-likeness (QED) is 0.483. The molecule has 0 N–H and O–H groups in total. The third-order valence-electron chi connectivity index (χ3n) is 2.24. The molecule has 0 bridgehead atoms. The van der Waals surface area contributed by atoms with Gasteiger partial charge in [-0.05, 0) is 17.4 Å². The second-order valence-corrected chi connectivity index (χ2v) is 8.76. The minimum absolute atomic E-state index is 0.320. The normalized spacial score (nSPS) is 13.2. The van der Waals surface area contributed by atoms with Crippen LogP contribution in [-0.2, 0) is 0 Å². The second kappa shape index (κ2) is 3.98. The second-order valence-electron chi connectivity index (χ2n) is 3.74. The Balaban J connectivity index is 3.87. The first kappa shape index (κ1) is 10.8. The zero-order valence-electron chi connectivity index (χ0n) is 7.12. The van der Waals surface area contributed by atoms with Gasteiger partial charge in [0, 0.05) is 0 Å². The molecular formula is C7H16Cl2Si. The van der Waals surface area contributed by atoms with Gasteiger partial charge in [-0.1, -0.05) is 27.7 Å². The maximum Gasteiger partial charge on any atom is 0.237 e. The van der Waals surface area contributed by atoms with E-state index in [1.807, 2.05) is 0 Å². The molecule has 3 heteroatoms. The van der Waals surface area contributed by atoms with Gasteiger partial charge in [-0.25, -0.2) is 0 Å². The van der Waals surface area contributed by atoms with Crippen molar-refractivity contribution in [2.75, 3.05) is 0 Å². The van der Waals surface area contributed by atoms with Gasteiger partial charge in [-0.15, -0.1) is 0 Å². The van der Waals surface area contributed by atoms with Crippen molar-refractivity contribution in [3.63, 3.8) is 0 Å². The fraction of sp³-hybridized carbons (Fsp3) is 1.00. The topological polar surface area (TPSA) is 0 Å². The molecule has 0 unspecified atom stereocenters. The number of hydrogen-bond donors (Lipinski definition) is 0. The Hall–Kier alpha value is 0.797. The molecule has 0 fully saturated rings. The van der Waals surface area contributed by atoms with Crippen molar-refractivity contribution in [3.05, 3.63) is 0 Å². The maximum absolute atomic E-state index is 5.81. The van der Waals surface area contributed by atoms with E-state index in [0.29, 0.717) is 11.3 Å². The SMILES string of the molecule is CC(C)C(C)(C)C[SiH](Cl)Cl. The van der Waals surface area contributed by atoms with Crippen molar-refractivity contribution in [2.24, 2.45) is 11.3 Å². The van der Waals surface area contributed by atoms with Crippen LogP contribution in [0, 0.1) is 11.3 Å². The monoisotopic (exact) mass is 198 g/mol. The summed E-state index contributed by atoms with van der Waals surface area (Å²) in [6.07, 6.45) is 0. The summed E-state index contributed by atoms with van der Waals surface area (Å²) < 4.78 is 0. The van der Waals surface area contributed by atoms with E-state index in [-0.39, 0.29) is 0 Å². The molecule has 0 aliphatic heterocycles. The smallest absolute Gasteiger partial charge is 0.150 e. The van der Waals surface area contributed by atoms with E-state index in [1.54, 1.807) is 0 Å². The predicted octanol–water partition coefficient (Wildman–Crippen LogP) is 3.37. The molecule has 0 aromatic heterocycles. The molecule has 10 heavy (non-hydrogen) atoms. The van der Waals surface area contributed by atoms with Crippen molar-refractivity contribution in [3.8, 4) is 0 Å². The summed E-state index contributed by atoms with van der Waals surface area (Å²) in [5, 5.41) is 0. The van der Waals surface area contributed by atoms with Gasteiger partial charge in [-0.2, -0.15) is 22.2 Å². The summed E-state index contributed by atoms with van der Waals surface area (Å²) in [6.45, 7) is 8.87. The van der Waals surface area contributed by atoms with Gasteiger partial charge in [0.15, 0.2) is 0 Å². The highest BCUT2D eigenvalue weighted by molar-refractivity contribution is 7.33. The highest BCUT2D eigenvalue weighted by Crippen LogP contribution is 2.33. The lowest BCUT2D eigenvalue weighted by Gasteiger charge is -2.29. The van der Waals surface area contributed by atoms with Crippen LogP contribution in [0.2, 0.25) is 6.04 Å². The average molecular weight is 199 g/mol. The molecule has 0 radical (unpaired) electrons. The van der Waals surface area contributed by atoms with Gasteiger partial charge in [-0.3, -0.25) is 0 Å². The highest BCUT2D eigenvalue weighted by Gasteiger charge is 2.25. The minimum Gasteiger partial charge on any atom is -0.150 e. The molecule has 0 aliphatic rings. The van der Waals surface area contributed by atoms with Crippen molar-refractivity contribution in [1.82, 2.24) is 0 Å². The zero-order valence-corrected chi connectivity index (χ0v) is 9.78. The molecular weight excluding hydrogens is 183 g/mol. The molecule has 62 valence electrons. The first-order valence-electron chi connectivity index (χ1n) is 3.64. The molecule has 0 atom stereocenters. The van der Waals surface area contributed by atoms with Crippen LogP contribution in [0.1, 0.15) is 27.7 Å². The van der Waals surface area contributed by atoms with E-state index in [4.69, 9.17) is 22.2 Å². The molecule has 0 amide bonds. The summed E-state index contributed by atoms with van der Waals surface area (Å²) in [5.74, 6) is 0.667. The van der Waals surface area contributed by atoms with Crippen molar-refractivity contribution < 1.29 is 0 Å². The highest BCUT2D eigenvalue weighted by atomic mass is 35.7. The Bertz CT molecular complexity index is 99.8. The summed E-state index contributed by atoms with van der Waals surface area (Å²) in [4.78, 5) is 0. The average Bonchev–Trinajstić information content (AvgIpc) is 1.60. The van der Waals surface area contributed by atoms with E-state index in [1.165, 1.54) is 0 Å². The Morgan fingerprint density at radius 2 is 1.70 bits per heavy atom. The van der Waals surface area contributed by atoms with Crippen LogP contribution in [0.15, 0.2) is 0 Å². The van der Waals surface area contributed by atoms with Crippen molar-refractivity contribution in [2.45, 2.75) is 33.7 Å². The summed E-state index contributed by atoms with van der Waals surface area (Å²) in [5.41, 5.74) is 0.320. The molecule has 0 aliphatic carbocycles. The standard InChI is InChI=1S/C7H16Cl2Si/c1-6(2)7(3,4)5-10(8)9/h6,10H,5H2,1-4H3. The largest absolute Gasteiger partial charge is 0.237 e. The molecule has 0 heterocycles. The Kier molecular flexibility index (Phi) is 4.30. The third kappa shape index (κ3) is 3.84. The Morgan fingerprint density at radius 3 is 1.80 bits per heavy atom. The van der Waals surface area contributed by atoms with Gasteiger partial charge < -0.3 is 0 Å². The van der Waals surface area contributed by atoms with E-state index < -0.39 is 7.42 Å². The van der Waals surface area contributed by atoms with Crippen LogP contribution >= 0.6 is 22.2 Å². The third-order valence-corrected chi connectivity index (χ3v) is 4.53. The van der Waals surface area contributed by atoms with Gasteiger partial charge in [0.2, 0.25) is 7.42 Å². The van der Waals surface area contributed by atoms with Crippen LogP contribution < -0.4 is 0 Å². The zero-order chi connectivity index (χ0) is 8.36. The van der Waals surface area contributed by atoms with Gasteiger partial charge in [0.05, 0.1) is 0 Å². The van der Waals surface area contributed by atoms with Crippen LogP contribution in [-0.4, -0.2) is 7.42 Å². The lowest BCUT2D eigenvalue weighted by Crippen LogP contribution is -2.22. The van der Waals surface area contributed by atoms with Crippen LogP contribution in [0.5, 0.6) is 0 Å². The molecule has 0 spiro atoms. The van der Waals surface area contributed by atoms with Gasteiger partial charge in [0.25, 0.3) is 0 Å². The van der Waals surface area contributed by atoms with E-state index in [9.17, 15) is 0 Å². The van der Waals surface area contributed by atoms with Crippen LogP contribution in [0.25, 0.3) is 0 Å². The molecule has 0 saturated heterocycles. The molecule has 0 aromatic rings. The summed E-state index contributed by atoms with van der Waals surface area (Å²) in [7, 11) is -1.41. The molecule has 0 nitrogen and oxygen atoms in total. The molecule has 0 saturated carbocycles. The Labute approximate surface area is 74.9 Å². The van der Waals surface area contributed by atoms with E-state index in [0.717, 1.165) is 6.04 Å². The Morgan fingerprint density at radius 1 is 1.30 bits per heavy atom. The van der Waals surface area contributed by atoms with Crippen LogP contribution in [0.3, 0.4) is 0 Å². The van der Waals surface area contributed by atoms with Gasteiger partial charge in [0.1, 0.15) is 0 Å². The van der Waals surface area contributed by atoms with E-state index in [2.05, 4.69) is 27.7 Å². The minimum atomic E-state index is -1.41. The first-order valence-corrected chi connectivity index (χ1v) is 7.95. The van der Waals surface area contributed by atoms with Crippen LogP contribution in [0.4, 0.5) is 0 Å². The van der Waals surface area contributed by atoms with Gasteiger partial charge >= 0.3 is 0 Å². The predicted molar refractivity (Wildman–Crippen MR) is 52.3 cm³/mol. The van der Waals surface area contributed by atoms with Crippen molar-refractivity contribution in [1.29, 1.82) is 0 Å². The summed E-state index contributed by atoms with van der Waals surface area (Å²) in [6, 6.07) is 1.01. The fourth-order valence-electron chi connectivity index (χ4n) is 0.633. The number of rotatable bonds is 3. The fourth-order valence-corrected chi connectivity index (χ4v) is 4.29. The number of hydrogen-bond acceptors (Lipinski definition) is 0. The molecule has 0 aromatic carbocycles. The summed E-state index contributed by atoms with van der Waals surface area (Å²) >= 11 is 11.6.